The van der Waals surface area contributed by atoms with Crippen molar-refractivity contribution in [2.45, 2.75) is 27.3 Å². The number of amides is 1. The molecule has 0 spiro atoms. The van der Waals surface area contributed by atoms with Gasteiger partial charge < -0.3 is 9.32 Å². The molecule has 0 bridgehead atoms. The Bertz CT molecular complexity index is 632. The molecule has 0 aliphatic carbocycles. The van der Waals surface area contributed by atoms with Crippen LogP contribution in [0.25, 0.3) is 0 Å². The minimum absolute atomic E-state index is 0.0493. The second-order valence-corrected chi connectivity index (χ2v) is 5.25. The van der Waals surface area contributed by atoms with E-state index in [-0.39, 0.29) is 5.91 Å². The fourth-order valence-electron chi connectivity index (χ4n) is 2.14. The first kappa shape index (κ1) is 14.6. The van der Waals surface area contributed by atoms with Crippen LogP contribution in [-0.2, 0) is 6.54 Å². The summed E-state index contributed by atoms with van der Waals surface area (Å²) in [7, 11) is 1.76. The number of halogens is 1. The molecule has 0 aliphatic heterocycles. The van der Waals surface area contributed by atoms with Gasteiger partial charge in [0.1, 0.15) is 16.7 Å². The number of carbonyl (C=O) groups excluding carboxylic acids is 1. The summed E-state index contributed by atoms with van der Waals surface area (Å²) < 4.78 is 5.51. The van der Waals surface area contributed by atoms with Crippen LogP contribution in [0.5, 0.6) is 0 Å². The van der Waals surface area contributed by atoms with Crippen LogP contribution in [0.15, 0.2) is 22.7 Å². The van der Waals surface area contributed by atoms with Gasteiger partial charge in [0.25, 0.3) is 5.91 Å². The fourth-order valence-corrected chi connectivity index (χ4v) is 2.26. The quantitative estimate of drug-likeness (QED) is 0.813. The van der Waals surface area contributed by atoms with Gasteiger partial charge in [0.15, 0.2) is 0 Å². The van der Waals surface area contributed by atoms with Crippen molar-refractivity contribution < 1.29 is 9.21 Å². The smallest absolute Gasteiger partial charge is 0.257 e. The van der Waals surface area contributed by atoms with Gasteiger partial charge in [-0.25, -0.2) is 4.98 Å². The Kier molecular flexibility index (Phi) is 4.14. The summed E-state index contributed by atoms with van der Waals surface area (Å²) in [6, 6.07) is 3.58. The van der Waals surface area contributed by atoms with E-state index in [9.17, 15) is 4.79 Å². The molecule has 0 aliphatic rings. The molecule has 2 aromatic heterocycles. The number of rotatable bonds is 3. The third-order valence-electron chi connectivity index (χ3n) is 3.33. The van der Waals surface area contributed by atoms with Crippen LogP contribution in [0.1, 0.15) is 33.0 Å². The van der Waals surface area contributed by atoms with E-state index >= 15 is 0 Å². The van der Waals surface area contributed by atoms with Gasteiger partial charge in [0.2, 0.25) is 0 Å². The number of pyridine rings is 1. The van der Waals surface area contributed by atoms with Gasteiger partial charge in [0, 0.05) is 25.4 Å². The predicted octanol–water partition coefficient (Wildman–Crippen LogP) is 3.53. The van der Waals surface area contributed by atoms with Gasteiger partial charge in [-0.15, -0.1) is 0 Å². The van der Waals surface area contributed by atoms with Crippen molar-refractivity contribution in [3.63, 3.8) is 0 Å². The molecule has 0 radical (unpaired) electrons. The van der Waals surface area contributed by atoms with Gasteiger partial charge in [0.05, 0.1) is 5.56 Å². The van der Waals surface area contributed by atoms with Gasteiger partial charge in [-0.2, -0.15) is 0 Å². The van der Waals surface area contributed by atoms with E-state index in [2.05, 4.69) is 4.98 Å². The molecular formula is C15H17ClN2O2. The van der Waals surface area contributed by atoms with E-state index in [1.807, 2.05) is 26.8 Å². The molecule has 2 rings (SSSR count). The summed E-state index contributed by atoms with van der Waals surface area (Å²) in [5.41, 5.74) is 2.47. The largest absolute Gasteiger partial charge is 0.466 e. The average molecular weight is 293 g/mol. The van der Waals surface area contributed by atoms with Crippen molar-refractivity contribution in [1.29, 1.82) is 0 Å². The summed E-state index contributed by atoms with van der Waals surface area (Å²) in [6.45, 7) is 6.05. The highest BCUT2D eigenvalue weighted by Crippen LogP contribution is 2.22. The van der Waals surface area contributed by atoms with Gasteiger partial charge in [-0.3, -0.25) is 4.79 Å². The molecule has 4 nitrogen and oxygen atoms in total. The molecule has 0 N–H and O–H groups in total. The molecule has 5 heteroatoms. The Morgan fingerprint density at radius 1 is 1.30 bits per heavy atom. The van der Waals surface area contributed by atoms with E-state index in [0.717, 1.165) is 16.9 Å². The first-order valence-corrected chi connectivity index (χ1v) is 6.70. The lowest BCUT2D eigenvalue weighted by molar-refractivity contribution is 0.0782. The van der Waals surface area contributed by atoms with Crippen molar-refractivity contribution in [2.24, 2.45) is 0 Å². The van der Waals surface area contributed by atoms with Crippen LogP contribution < -0.4 is 0 Å². The number of nitrogens with zero attached hydrogens (tertiary/aromatic N) is 2. The van der Waals surface area contributed by atoms with Gasteiger partial charge in [-0.1, -0.05) is 17.7 Å². The number of aryl methyl sites for hydroxylation is 2. The standard InChI is InChI=1S/C15H17ClN2O2/c1-9-10(2)20-11(3)14(9)15(19)18(4)8-12-5-6-13(16)17-7-12/h5-7H,8H2,1-4H3. The highest BCUT2D eigenvalue weighted by atomic mass is 35.5. The maximum atomic E-state index is 12.5. The summed E-state index contributed by atoms with van der Waals surface area (Å²) in [5.74, 6) is 1.39. The zero-order valence-corrected chi connectivity index (χ0v) is 12.8. The van der Waals surface area contributed by atoms with Crippen molar-refractivity contribution in [3.05, 3.63) is 51.7 Å². The summed E-state index contributed by atoms with van der Waals surface area (Å²) in [4.78, 5) is 18.2. The molecule has 2 aromatic rings. The molecule has 0 fully saturated rings. The normalized spacial score (nSPS) is 10.7. The Balaban J connectivity index is 2.18. The Labute approximate surface area is 123 Å². The number of furan rings is 1. The first-order chi connectivity index (χ1) is 9.40. The SMILES string of the molecule is Cc1oc(C)c(C(=O)N(C)Cc2ccc(Cl)nc2)c1C. The summed E-state index contributed by atoms with van der Waals surface area (Å²) in [6.07, 6.45) is 1.67. The molecule has 20 heavy (non-hydrogen) atoms. The monoisotopic (exact) mass is 292 g/mol. The molecule has 0 atom stereocenters. The maximum absolute atomic E-state index is 12.5. The fraction of sp³-hybridized carbons (Fsp3) is 0.333. The van der Waals surface area contributed by atoms with Gasteiger partial charge in [-0.05, 0) is 32.4 Å². The molecule has 1 amide bonds. The maximum Gasteiger partial charge on any atom is 0.257 e. The molecule has 106 valence electrons. The van der Waals surface area contributed by atoms with Crippen LogP contribution in [0.4, 0.5) is 0 Å². The molecule has 0 saturated carbocycles. The van der Waals surface area contributed by atoms with E-state index in [0.29, 0.717) is 23.0 Å². The second kappa shape index (κ2) is 5.67. The lowest BCUT2D eigenvalue weighted by atomic mass is 10.1. The molecule has 0 unspecified atom stereocenters. The van der Waals surface area contributed by atoms with Crippen molar-refractivity contribution in [3.8, 4) is 0 Å². The number of hydrogen-bond acceptors (Lipinski definition) is 3. The van der Waals surface area contributed by atoms with E-state index in [4.69, 9.17) is 16.0 Å². The van der Waals surface area contributed by atoms with Crippen molar-refractivity contribution >= 4 is 17.5 Å². The number of aromatic nitrogens is 1. The molecule has 0 aromatic carbocycles. The Hall–Kier alpha value is -1.81. The van der Waals surface area contributed by atoms with Crippen LogP contribution in [0.2, 0.25) is 5.15 Å². The number of carbonyl (C=O) groups is 1. The third-order valence-corrected chi connectivity index (χ3v) is 3.55. The van der Waals surface area contributed by atoms with Crippen LogP contribution in [0.3, 0.4) is 0 Å². The zero-order chi connectivity index (χ0) is 14.9. The van der Waals surface area contributed by atoms with E-state index in [1.54, 1.807) is 24.2 Å². The minimum atomic E-state index is -0.0493. The number of hydrogen-bond donors (Lipinski definition) is 0. The molecular weight excluding hydrogens is 276 g/mol. The predicted molar refractivity (Wildman–Crippen MR) is 78.0 cm³/mol. The van der Waals surface area contributed by atoms with Crippen LogP contribution in [0, 0.1) is 20.8 Å². The van der Waals surface area contributed by atoms with Crippen molar-refractivity contribution in [2.75, 3.05) is 7.05 Å². The first-order valence-electron chi connectivity index (χ1n) is 6.32. The van der Waals surface area contributed by atoms with Crippen LogP contribution >= 0.6 is 11.6 Å². The third kappa shape index (κ3) is 2.85. The minimum Gasteiger partial charge on any atom is -0.466 e. The van der Waals surface area contributed by atoms with Crippen molar-refractivity contribution in [1.82, 2.24) is 9.88 Å². The second-order valence-electron chi connectivity index (χ2n) is 4.86. The molecule has 0 saturated heterocycles. The zero-order valence-electron chi connectivity index (χ0n) is 12.0. The highest BCUT2D eigenvalue weighted by molar-refractivity contribution is 6.29. The Morgan fingerprint density at radius 3 is 2.50 bits per heavy atom. The lowest BCUT2D eigenvalue weighted by Crippen LogP contribution is -2.27. The highest BCUT2D eigenvalue weighted by Gasteiger charge is 2.21. The average Bonchev–Trinajstić information content (AvgIpc) is 2.65. The van der Waals surface area contributed by atoms with E-state index < -0.39 is 0 Å². The Morgan fingerprint density at radius 2 is 2.00 bits per heavy atom. The van der Waals surface area contributed by atoms with E-state index in [1.165, 1.54) is 0 Å². The molecule has 2 heterocycles. The van der Waals surface area contributed by atoms with Crippen LogP contribution in [-0.4, -0.2) is 22.8 Å². The topological polar surface area (TPSA) is 46.3 Å². The summed E-state index contributed by atoms with van der Waals surface area (Å²) >= 11 is 5.75. The lowest BCUT2D eigenvalue weighted by Gasteiger charge is -2.17. The van der Waals surface area contributed by atoms with Gasteiger partial charge >= 0.3 is 0 Å². The summed E-state index contributed by atoms with van der Waals surface area (Å²) in [5, 5.41) is 0.444.